The van der Waals surface area contributed by atoms with Crippen molar-refractivity contribution in [1.29, 1.82) is 0 Å². The van der Waals surface area contributed by atoms with Gasteiger partial charge in [-0.25, -0.2) is 0 Å². The molecule has 0 amide bonds. The summed E-state index contributed by atoms with van der Waals surface area (Å²) in [5.74, 6) is 1.01. The summed E-state index contributed by atoms with van der Waals surface area (Å²) in [4.78, 5) is 12.2. The molecule has 1 saturated carbocycles. The number of benzene rings is 1. The van der Waals surface area contributed by atoms with E-state index in [9.17, 15) is 4.79 Å². The van der Waals surface area contributed by atoms with E-state index < -0.39 is 0 Å². The van der Waals surface area contributed by atoms with E-state index in [0.29, 0.717) is 11.7 Å². The Labute approximate surface area is 96.2 Å². The standard InChI is InChI=1S/C15H16O/c16-15-12-7-4-8-14(15)13(10-9-12)11-5-2-1-3-6-11/h1-3,5-6,10,12,14H,4,7-9H2/t12-,14+/m1/s1. The Bertz CT molecular complexity index is 430. The molecule has 0 aromatic heterocycles. The fourth-order valence-corrected chi connectivity index (χ4v) is 3.04. The predicted octanol–water partition coefficient (Wildman–Crippen LogP) is 3.46. The maximum Gasteiger partial charge on any atom is 0.143 e. The van der Waals surface area contributed by atoms with Gasteiger partial charge in [-0.15, -0.1) is 0 Å². The van der Waals surface area contributed by atoms with Gasteiger partial charge in [-0.3, -0.25) is 4.79 Å². The van der Waals surface area contributed by atoms with E-state index in [1.807, 2.05) is 6.07 Å². The molecule has 1 heteroatoms. The molecule has 0 saturated heterocycles. The molecule has 2 bridgehead atoms. The van der Waals surface area contributed by atoms with Crippen LogP contribution < -0.4 is 0 Å². The van der Waals surface area contributed by atoms with Gasteiger partial charge in [-0.05, 0) is 30.4 Å². The number of hydrogen-bond donors (Lipinski definition) is 0. The van der Waals surface area contributed by atoms with E-state index in [4.69, 9.17) is 0 Å². The third kappa shape index (κ3) is 1.51. The van der Waals surface area contributed by atoms with Gasteiger partial charge in [0.05, 0.1) is 0 Å². The van der Waals surface area contributed by atoms with Crippen molar-refractivity contribution in [2.45, 2.75) is 25.7 Å². The van der Waals surface area contributed by atoms with Crippen LogP contribution in [0.5, 0.6) is 0 Å². The lowest BCUT2D eigenvalue weighted by Gasteiger charge is -2.33. The van der Waals surface area contributed by atoms with Gasteiger partial charge in [-0.2, -0.15) is 0 Å². The van der Waals surface area contributed by atoms with E-state index in [-0.39, 0.29) is 5.92 Å². The van der Waals surface area contributed by atoms with Crippen LogP contribution in [-0.4, -0.2) is 5.78 Å². The Morgan fingerprint density at radius 1 is 1.06 bits per heavy atom. The summed E-state index contributed by atoms with van der Waals surface area (Å²) in [7, 11) is 0. The minimum absolute atomic E-state index is 0.190. The minimum atomic E-state index is 0.190. The van der Waals surface area contributed by atoms with E-state index in [2.05, 4.69) is 30.3 Å². The molecule has 1 aromatic carbocycles. The first-order valence-corrected chi connectivity index (χ1v) is 6.15. The topological polar surface area (TPSA) is 17.1 Å². The number of ketones is 1. The molecule has 3 rings (SSSR count). The molecule has 0 radical (unpaired) electrons. The second kappa shape index (κ2) is 3.89. The smallest absolute Gasteiger partial charge is 0.143 e. The third-order valence-corrected chi connectivity index (χ3v) is 3.90. The SMILES string of the molecule is O=C1[C@H]2CC=C(c3ccccc3)[C@@H]1CCC2. The Morgan fingerprint density at radius 2 is 1.88 bits per heavy atom. The molecule has 1 nitrogen and oxygen atoms in total. The summed E-state index contributed by atoms with van der Waals surface area (Å²) in [6.07, 6.45) is 6.62. The second-order valence-corrected chi connectivity index (χ2v) is 4.84. The normalized spacial score (nSPS) is 28.8. The van der Waals surface area contributed by atoms with Crippen molar-refractivity contribution in [2.75, 3.05) is 0 Å². The van der Waals surface area contributed by atoms with Crippen molar-refractivity contribution >= 4 is 11.4 Å². The maximum atomic E-state index is 12.2. The fraction of sp³-hybridized carbons (Fsp3) is 0.400. The van der Waals surface area contributed by atoms with Crippen LogP contribution in [0.15, 0.2) is 36.4 Å². The summed E-state index contributed by atoms with van der Waals surface area (Å²) < 4.78 is 0. The van der Waals surface area contributed by atoms with Crippen LogP contribution in [0.2, 0.25) is 0 Å². The van der Waals surface area contributed by atoms with Gasteiger partial charge in [0, 0.05) is 11.8 Å². The summed E-state index contributed by atoms with van der Waals surface area (Å²) in [5, 5.41) is 0. The van der Waals surface area contributed by atoms with Crippen molar-refractivity contribution in [3.8, 4) is 0 Å². The monoisotopic (exact) mass is 212 g/mol. The van der Waals surface area contributed by atoms with Crippen molar-refractivity contribution in [1.82, 2.24) is 0 Å². The number of rotatable bonds is 1. The minimum Gasteiger partial charge on any atom is -0.299 e. The Hall–Kier alpha value is -1.37. The lowest BCUT2D eigenvalue weighted by molar-refractivity contribution is -0.127. The molecule has 1 fully saturated rings. The van der Waals surface area contributed by atoms with Gasteiger partial charge < -0.3 is 0 Å². The highest BCUT2D eigenvalue weighted by Crippen LogP contribution is 2.41. The summed E-state index contributed by atoms with van der Waals surface area (Å²) in [5.41, 5.74) is 2.52. The second-order valence-electron chi connectivity index (χ2n) is 4.84. The predicted molar refractivity (Wildman–Crippen MR) is 64.9 cm³/mol. The van der Waals surface area contributed by atoms with Gasteiger partial charge in [0.25, 0.3) is 0 Å². The van der Waals surface area contributed by atoms with Gasteiger partial charge >= 0.3 is 0 Å². The molecule has 16 heavy (non-hydrogen) atoms. The highest BCUT2D eigenvalue weighted by Gasteiger charge is 2.36. The van der Waals surface area contributed by atoms with Crippen LogP contribution in [0.1, 0.15) is 31.2 Å². The molecule has 0 spiro atoms. The number of allylic oxidation sites excluding steroid dienone is 2. The van der Waals surface area contributed by atoms with Crippen LogP contribution in [0.25, 0.3) is 5.57 Å². The first kappa shape index (κ1) is 9.83. The first-order chi connectivity index (χ1) is 7.86. The number of carbonyl (C=O) groups is 1. The van der Waals surface area contributed by atoms with Gasteiger partial charge in [0.15, 0.2) is 0 Å². The Morgan fingerprint density at radius 3 is 2.69 bits per heavy atom. The van der Waals surface area contributed by atoms with Gasteiger partial charge in [-0.1, -0.05) is 42.8 Å². The number of hydrogen-bond acceptors (Lipinski definition) is 1. The highest BCUT2D eigenvalue weighted by molar-refractivity contribution is 5.97. The van der Waals surface area contributed by atoms with Crippen LogP contribution in [0.4, 0.5) is 0 Å². The molecule has 2 atom stereocenters. The van der Waals surface area contributed by atoms with E-state index in [1.165, 1.54) is 17.6 Å². The number of fused-ring (bicyclic) bond motifs is 2. The van der Waals surface area contributed by atoms with Gasteiger partial charge in [0.1, 0.15) is 5.78 Å². The van der Waals surface area contributed by atoms with E-state index in [0.717, 1.165) is 19.3 Å². The van der Waals surface area contributed by atoms with Crippen molar-refractivity contribution < 1.29 is 4.79 Å². The maximum absolute atomic E-state index is 12.2. The Kier molecular flexibility index (Phi) is 2.39. The van der Waals surface area contributed by atoms with Crippen molar-refractivity contribution in [3.05, 3.63) is 42.0 Å². The lowest BCUT2D eigenvalue weighted by atomic mass is 9.69. The number of carbonyl (C=O) groups excluding carboxylic acids is 1. The number of Topliss-reactive ketones (excluding diaryl/α,β-unsaturated/α-hetero) is 1. The quantitative estimate of drug-likeness (QED) is 0.696. The van der Waals surface area contributed by atoms with Crippen molar-refractivity contribution in [3.63, 3.8) is 0 Å². The third-order valence-electron chi connectivity index (χ3n) is 3.90. The molecule has 0 N–H and O–H groups in total. The lowest BCUT2D eigenvalue weighted by Crippen LogP contribution is -2.32. The fourth-order valence-electron chi connectivity index (χ4n) is 3.04. The van der Waals surface area contributed by atoms with Crippen LogP contribution in [0.3, 0.4) is 0 Å². The molecule has 2 aliphatic carbocycles. The summed E-state index contributed by atoms with van der Waals surface area (Å²) >= 11 is 0. The average molecular weight is 212 g/mol. The summed E-state index contributed by atoms with van der Waals surface area (Å²) in [6, 6.07) is 10.4. The Balaban J connectivity index is 1.99. The molecule has 0 heterocycles. The molecule has 1 aromatic rings. The molecular weight excluding hydrogens is 196 g/mol. The molecule has 2 aliphatic rings. The van der Waals surface area contributed by atoms with Crippen LogP contribution in [-0.2, 0) is 4.79 Å². The highest BCUT2D eigenvalue weighted by atomic mass is 16.1. The molecule has 82 valence electrons. The molecule has 0 aliphatic heterocycles. The zero-order valence-electron chi connectivity index (χ0n) is 9.36. The van der Waals surface area contributed by atoms with E-state index in [1.54, 1.807) is 0 Å². The zero-order chi connectivity index (χ0) is 11.0. The van der Waals surface area contributed by atoms with Gasteiger partial charge in [0.2, 0.25) is 0 Å². The van der Waals surface area contributed by atoms with Crippen LogP contribution >= 0.6 is 0 Å². The average Bonchev–Trinajstić information content (AvgIpc) is 2.30. The van der Waals surface area contributed by atoms with Crippen molar-refractivity contribution in [2.24, 2.45) is 11.8 Å². The van der Waals surface area contributed by atoms with Crippen LogP contribution in [0, 0.1) is 11.8 Å². The first-order valence-electron chi connectivity index (χ1n) is 6.15. The molecule has 0 unspecified atom stereocenters. The zero-order valence-corrected chi connectivity index (χ0v) is 9.36. The van der Waals surface area contributed by atoms with E-state index >= 15 is 0 Å². The molecular formula is C15H16O. The largest absolute Gasteiger partial charge is 0.299 e. The summed E-state index contributed by atoms with van der Waals surface area (Å²) in [6.45, 7) is 0.